The van der Waals surface area contributed by atoms with E-state index in [-0.39, 0.29) is 0 Å². The molecule has 1 atom stereocenters. The minimum atomic E-state index is 0.632. The molecule has 0 bridgehead atoms. The van der Waals surface area contributed by atoms with Crippen LogP contribution in [0.4, 0.5) is 0 Å². The summed E-state index contributed by atoms with van der Waals surface area (Å²) in [4.78, 5) is 0. The first-order valence-corrected chi connectivity index (χ1v) is 7.46. The summed E-state index contributed by atoms with van der Waals surface area (Å²) in [5, 5.41) is 3.54. The molecule has 1 heteroatoms. The van der Waals surface area contributed by atoms with Gasteiger partial charge in [-0.25, -0.2) is 0 Å². The first-order chi connectivity index (χ1) is 8.67. The van der Waals surface area contributed by atoms with E-state index in [9.17, 15) is 0 Å². The van der Waals surface area contributed by atoms with E-state index in [1.165, 1.54) is 30.4 Å². The summed E-state index contributed by atoms with van der Waals surface area (Å²) >= 11 is 0. The minimum absolute atomic E-state index is 0.632. The number of nitrogens with one attached hydrogen (secondary N) is 1. The van der Waals surface area contributed by atoms with Gasteiger partial charge in [-0.2, -0.15) is 0 Å². The Morgan fingerprint density at radius 1 is 1.06 bits per heavy atom. The van der Waals surface area contributed by atoms with Gasteiger partial charge in [0.15, 0.2) is 0 Å². The summed E-state index contributed by atoms with van der Waals surface area (Å²) in [5.41, 5.74) is 2.92. The Labute approximate surface area is 113 Å². The highest BCUT2D eigenvalue weighted by molar-refractivity contribution is 5.25. The Hall–Kier alpha value is -0.820. The molecule has 1 aromatic rings. The zero-order valence-corrected chi connectivity index (χ0v) is 12.5. The summed E-state index contributed by atoms with van der Waals surface area (Å²) in [7, 11) is 0. The minimum Gasteiger partial charge on any atom is -0.316 e. The SMILES string of the molecule is CCCNCC(CC)Cc1ccc(C(C)C)cc1. The molecule has 0 aliphatic carbocycles. The maximum atomic E-state index is 3.54. The molecule has 0 saturated heterocycles. The molecule has 0 aliphatic rings. The third-order valence-corrected chi connectivity index (χ3v) is 3.61. The molecule has 102 valence electrons. The van der Waals surface area contributed by atoms with E-state index in [2.05, 4.69) is 57.3 Å². The lowest BCUT2D eigenvalue weighted by molar-refractivity contribution is 0.460. The smallest absolute Gasteiger partial charge is 0.00174 e. The maximum Gasteiger partial charge on any atom is -0.00174 e. The first kappa shape index (κ1) is 15.2. The zero-order chi connectivity index (χ0) is 13.4. The average Bonchev–Trinajstić information content (AvgIpc) is 2.38. The van der Waals surface area contributed by atoms with Gasteiger partial charge in [0.25, 0.3) is 0 Å². The summed E-state index contributed by atoms with van der Waals surface area (Å²) in [6.07, 6.45) is 3.67. The largest absolute Gasteiger partial charge is 0.316 e. The molecule has 0 fully saturated rings. The Morgan fingerprint density at radius 3 is 2.22 bits per heavy atom. The van der Waals surface area contributed by atoms with Gasteiger partial charge >= 0.3 is 0 Å². The molecule has 1 nitrogen and oxygen atoms in total. The third kappa shape index (κ3) is 5.22. The second-order valence-electron chi connectivity index (χ2n) is 5.58. The van der Waals surface area contributed by atoms with Crippen molar-refractivity contribution in [2.75, 3.05) is 13.1 Å². The van der Waals surface area contributed by atoms with Crippen molar-refractivity contribution in [2.24, 2.45) is 5.92 Å². The van der Waals surface area contributed by atoms with Crippen LogP contribution in [0.3, 0.4) is 0 Å². The van der Waals surface area contributed by atoms with E-state index < -0.39 is 0 Å². The van der Waals surface area contributed by atoms with Crippen LogP contribution in [0.15, 0.2) is 24.3 Å². The van der Waals surface area contributed by atoms with Gasteiger partial charge in [0.05, 0.1) is 0 Å². The molecule has 18 heavy (non-hydrogen) atoms. The van der Waals surface area contributed by atoms with Crippen LogP contribution in [0.5, 0.6) is 0 Å². The lowest BCUT2D eigenvalue weighted by Gasteiger charge is -2.16. The van der Waals surface area contributed by atoms with Crippen LogP contribution in [0.1, 0.15) is 57.6 Å². The normalized spacial score (nSPS) is 12.9. The highest BCUT2D eigenvalue weighted by atomic mass is 14.8. The van der Waals surface area contributed by atoms with Crippen LogP contribution in [-0.4, -0.2) is 13.1 Å². The average molecular weight is 247 g/mol. The molecule has 0 radical (unpaired) electrons. The number of benzene rings is 1. The Balaban J connectivity index is 2.48. The molecular weight excluding hydrogens is 218 g/mol. The van der Waals surface area contributed by atoms with E-state index in [0.717, 1.165) is 19.0 Å². The predicted molar refractivity (Wildman–Crippen MR) is 81.2 cm³/mol. The van der Waals surface area contributed by atoms with Crippen molar-refractivity contribution < 1.29 is 0 Å². The van der Waals surface area contributed by atoms with Gasteiger partial charge in [0.2, 0.25) is 0 Å². The lowest BCUT2D eigenvalue weighted by Crippen LogP contribution is -2.24. The number of hydrogen-bond acceptors (Lipinski definition) is 1. The molecule has 1 aromatic carbocycles. The quantitative estimate of drug-likeness (QED) is 0.672. The van der Waals surface area contributed by atoms with Crippen molar-refractivity contribution in [2.45, 2.75) is 52.9 Å². The fourth-order valence-corrected chi connectivity index (χ4v) is 2.22. The van der Waals surface area contributed by atoms with Crippen molar-refractivity contribution in [3.8, 4) is 0 Å². The molecule has 1 rings (SSSR count). The Bertz CT molecular complexity index is 313. The highest BCUT2D eigenvalue weighted by Crippen LogP contribution is 2.17. The van der Waals surface area contributed by atoms with Crippen LogP contribution in [0, 0.1) is 5.92 Å². The molecule has 0 heterocycles. The van der Waals surface area contributed by atoms with Gasteiger partial charge in [-0.3, -0.25) is 0 Å². The topological polar surface area (TPSA) is 12.0 Å². The molecule has 1 N–H and O–H groups in total. The van der Waals surface area contributed by atoms with Crippen LogP contribution >= 0.6 is 0 Å². The predicted octanol–water partition coefficient (Wildman–Crippen LogP) is 4.38. The maximum absolute atomic E-state index is 3.54. The van der Waals surface area contributed by atoms with Gasteiger partial charge < -0.3 is 5.32 Å². The van der Waals surface area contributed by atoms with E-state index in [1.807, 2.05) is 0 Å². The van der Waals surface area contributed by atoms with Gasteiger partial charge in [-0.05, 0) is 48.9 Å². The van der Waals surface area contributed by atoms with E-state index in [1.54, 1.807) is 0 Å². The summed E-state index contributed by atoms with van der Waals surface area (Å²) < 4.78 is 0. The van der Waals surface area contributed by atoms with Gasteiger partial charge in [0.1, 0.15) is 0 Å². The van der Waals surface area contributed by atoms with E-state index >= 15 is 0 Å². The number of rotatable bonds is 8. The third-order valence-electron chi connectivity index (χ3n) is 3.61. The van der Waals surface area contributed by atoms with Crippen LogP contribution < -0.4 is 5.32 Å². The fourth-order valence-electron chi connectivity index (χ4n) is 2.22. The summed E-state index contributed by atoms with van der Waals surface area (Å²) in [6.45, 7) is 11.3. The van der Waals surface area contributed by atoms with Gasteiger partial charge in [-0.15, -0.1) is 0 Å². The highest BCUT2D eigenvalue weighted by Gasteiger charge is 2.07. The summed E-state index contributed by atoms with van der Waals surface area (Å²) in [6, 6.07) is 9.17. The molecule has 1 unspecified atom stereocenters. The standard InChI is InChI=1S/C17H29N/c1-5-11-18-13-15(6-2)12-16-7-9-17(10-8-16)14(3)4/h7-10,14-15,18H,5-6,11-13H2,1-4H3. The van der Waals surface area contributed by atoms with Crippen LogP contribution in [-0.2, 0) is 6.42 Å². The van der Waals surface area contributed by atoms with Crippen molar-refractivity contribution in [3.63, 3.8) is 0 Å². The number of hydrogen-bond donors (Lipinski definition) is 1. The van der Waals surface area contributed by atoms with E-state index in [0.29, 0.717) is 5.92 Å². The van der Waals surface area contributed by atoms with Crippen molar-refractivity contribution in [3.05, 3.63) is 35.4 Å². The lowest BCUT2D eigenvalue weighted by atomic mass is 9.94. The molecule has 0 spiro atoms. The molecule has 0 saturated carbocycles. The van der Waals surface area contributed by atoms with Crippen molar-refractivity contribution in [1.82, 2.24) is 5.32 Å². The Morgan fingerprint density at radius 2 is 1.72 bits per heavy atom. The van der Waals surface area contributed by atoms with Crippen LogP contribution in [0.25, 0.3) is 0 Å². The molecular formula is C17H29N. The van der Waals surface area contributed by atoms with Crippen molar-refractivity contribution in [1.29, 1.82) is 0 Å². The van der Waals surface area contributed by atoms with Crippen molar-refractivity contribution >= 4 is 0 Å². The summed E-state index contributed by atoms with van der Waals surface area (Å²) in [5.74, 6) is 1.40. The van der Waals surface area contributed by atoms with Gasteiger partial charge in [-0.1, -0.05) is 58.4 Å². The second kappa shape index (κ2) is 8.31. The molecule has 0 aromatic heterocycles. The monoisotopic (exact) mass is 247 g/mol. The van der Waals surface area contributed by atoms with E-state index in [4.69, 9.17) is 0 Å². The van der Waals surface area contributed by atoms with Gasteiger partial charge in [0, 0.05) is 0 Å². The fraction of sp³-hybridized carbons (Fsp3) is 0.647. The zero-order valence-electron chi connectivity index (χ0n) is 12.5. The second-order valence-corrected chi connectivity index (χ2v) is 5.58. The first-order valence-electron chi connectivity index (χ1n) is 7.46. The van der Waals surface area contributed by atoms with Crippen LogP contribution in [0.2, 0.25) is 0 Å². The molecule has 0 amide bonds. The molecule has 0 aliphatic heterocycles. The Kier molecular flexibility index (Phi) is 7.04.